The van der Waals surface area contributed by atoms with Crippen LogP contribution in [0.15, 0.2) is 47.4 Å². The van der Waals surface area contributed by atoms with Crippen molar-refractivity contribution in [3.63, 3.8) is 0 Å². The summed E-state index contributed by atoms with van der Waals surface area (Å²) < 4.78 is 53.3. The molecule has 0 saturated heterocycles. The molecule has 0 amide bonds. The average Bonchev–Trinajstić information content (AvgIpc) is 2.63. The highest BCUT2D eigenvalue weighted by Crippen LogP contribution is 2.19. The summed E-state index contributed by atoms with van der Waals surface area (Å²) in [4.78, 5) is 1.70. The molecule has 0 aliphatic carbocycles. The average molecular weight is 380 g/mol. The highest BCUT2D eigenvalue weighted by Gasteiger charge is 2.19. The number of nitrogens with zero attached hydrogens (tertiary/aromatic N) is 1. The summed E-state index contributed by atoms with van der Waals surface area (Å²) >= 11 is 0. The quantitative estimate of drug-likeness (QED) is 0.751. The molecule has 0 aromatic heterocycles. The topological polar surface area (TPSA) is 49.4 Å². The summed E-state index contributed by atoms with van der Waals surface area (Å²) in [5, 5.41) is 0. The van der Waals surface area contributed by atoms with Gasteiger partial charge >= 0.3 is 0 Å². The Hall–Kier alpha value is -1.83. The van der Waals surface area contributed by atoms with E-state index in [0.717, 1.165) is 44.6 Å². The lowest BCUT2D eigenvalue weighted by Crippen LogP contribution is -2.32. The van der Waals surface area contributed by atoms with Crippen molar-refractivity contribution in [3.05, 3.63) is 65.2 Å². The first-order chi connectivity index (χ1) is 12.5. The maximum absolute atomic E-state index is 13.6. The van der Waals surface area contributed by atoms with Crippen LogP contribution < -0.4 is 4.72 Å². The number of sulfonamides is 1. The second kappa shape index (κ2) is 8.24. The fourth-order valence-corrected chi connectivity index (χ4v) is 4.33. The summed E-state index contributed by atoms with van der Waals surface area (Å²) in [6.45, 7) is 2.99. The van der Waals surface area contributed by atoms with Gasteiger partial charge in [0.15, 0.2) is 0 Å². The number of nitrogens with one attached hydrogen (secondary N) is 1. The zero-order valence-corrected chi connectivity index (χ0v) is 15.2. The predicted octanol–water partition coefficient (Wildman–Crippen LogP) is 3.08. The van der Waals surface area contributed by atoms with E-state index < -0.39 is 26.6 Å². The van der Waals surface area contributed by atoms with Gasteiger partial charge in [0.2, 0.25) is 10.0 Å². The smallest absolute Gasteiger partial charge is 0.243 e. The molecule has 1 aliphatic rings. The zero-order chi connectivity index (χ0) is 18.6. The summed E-state index contributed by atoms with van der Waals surface area (Å²) in [6, 6.07) is 10.8. The number of halogens is 2. The minimum atomic E-state index is -4.04. The molecule has 0 unspecified atom stereocenters. The van der Waals surface area contributed by atoms with Crippen molar-refractivity contribution in [1.29, 1.82) is 0 Å². The Morgan fingerprint density at radius 3 is 2.62 bits per heavy atom. The predicted molar refractivity (Wildman–Crippen MR) is 96.2 cm³/mol. The van der Waals surface area contributed by atoms with Crippen molar-refractivity contribution in [1.82, 2.24) is 9.62 Å². The van der Waals surface area contributed by atoms with Crippen molar-refractivity contribution in [3.8, 4) is 0 Å². The first-order valence-electron chi connectivity index (χ1n) is 8.69. The second-order valence-electron chi connectivity index (χ2n) is 6.47. The molecule has 1 heterocycles. The standard InChI is InChI=1S/C19H22F2N2O2S/c20-17-7-8-18(21)19(13-17)26(24,25)22-10-3-4-11-23-12-9-15-5-1-2-6-16(15)14-23/h1-2,5-8,13,22H,3-4,9-12,14H2. The highest BCUT2D eigenvalue weighted by atomic mass is 32.2. The first kappa shape index (κ1) is 18.9. The van der Waals surface area contributed by atoms with E-state index in [0.29, 0.717) is 12.5 Å². The molecule has 1 aliphatic heterocycles. The van der Waals surface area contributed by atoms with Gasteiger partial charge in [-0.3, -0.25) is 4.90 Å². The van der Waals surface area contributed by atoms with E-state index >= 15 is 0 Å². The van der Waals surface area contributed by atoms with Crippen LogP contribution in [-0.4, -0.2) is 33.0 Å². The first-order valence-corrected chi connectivity index (χ1v) is 10.2. The molecule has 2 aromatic carbocycles. The van der Waals surface area contributed by atoms with E-state index in [4.69, 9.17) is 0 Å². The van der Waals surface area contributed by atoms with Crippen LogP contribution in [-0.2, 0) is 23.0 Å². The van der Waals surface area contributed by atoms with E-state index in [1.165, 1.54) is 11.1 Å². The van der Waals surface area contributed by atoms with Gasteiger partial charge in [0, 0.05) is 19.6 Å². The number of benzene rings is 2. The van der Waals surface area contributed by atoms with Crippen LogP contribution in [0.5, 0.6) is 0 Å². The zero-order valence-electron chi connectivity index (χ0n) is 14.4. The molecule has 7 heteroatoms. The normalized spacial score (nSPS) is 15.0. The molecule has 26 heavy (non-hydrogen) atoms. The van der Waals surface area contributed by atoms with Gasteiger partial charge < -0.3 is 0 Å². The fourth-order valence-electron chi connectivity index (χ4n) is 3.17. The highest BCUT2D eigenvalue weighted by molar-refractivity contribution is 7.89. The van der Waals surface area contributed by atoms with Crippen LogP contribution >= 0.6 is 0 Å². The molecular formula is C19H22F2N2O2S. The van der Waals surface area contributed by atoms with Crippen molar-refractivity contribution in [2.24, 2.45) is 0 Å². The molecule has 4 nitrogen and oxygen atoms in total. The Morgan fingerprint density at radius 1 is 1.04 bits per heavy atom. The van der Waals surface area contributed by atoms with Crippen molar-refractivity contribution in [2.75, 3.05) is 19.6 Å². The maximum Gasteiger partial charge on any atom is 0.243 e. The SMILES string of the molecule is O=S(=O)(NCCCCN1CCc2ccccc2C1)c1cc(F)ccc1F. The van der Waals surface area contributed by atoms with Crippen LogP contribution in [0.1, 0.15) is 24.0 Å². The number of fused-ring (bicyclic) bond motifs is 1. The van der Waals surface area contributed by atoms with E-state index in [1.807, 2.05) is 6.07 Å². The number of rotatable bonds is 7. The number of unbranched alkanes of at least 4 members (excludes halogenated alkanes) is 1. The second-order valence-corrected chi connectivity index (χ2v) is 8.21. The lowest BCUT2D eigenvalue weighted by molar-refractivity contribution is 0.249. The van der Waals surface area contributed by atoms with Gasteiger partial charge in [-0.1, -0.05) is 24.3 Å². The van der Waals surface area contributed by atoms with Gasteiger partial charge in [0.05, 0.1) is 0 Å². The molecule has 3 rings (SSSR count). The van der Waals surface area contributed by atoms with Gasteiger partial charge in [-0.2, -0.15) is 0 Å². The third kappa shape index (κ3) is 4.66. The van der Waals surface area contributed by atoms with Crippen LogP contribution in [0, 0.1) is 11.6 Å². The van der Waals surface area contributed by atoms with Gasteiger partial charge in [0.1, 0.15) is 16.5 Å². The van der Waals surface area contributed by atoms with Gasteiger partial charge in [-0.15, -0.1) is 0 Å². The molecule has 2 aromatic rings. The van der Waals surface area contributed by atoms with Crippen LogP contribution in [0.3, 0.4) is 0 Å². The molecule has 140 valence electrons. The minimum Gasteiger partial charge on any atom is -0.299 e. The van der Waals surface area contributed by atoms with E-state index in [2.05, 4.69) is 27.8 Å². The monoisotopic (exact) mass is 380 g/mol. The Labute approximate surface area is 152 Å². The molecule has 1 N–H and O–H groups in total. The largest absolute Gasteiger partial charge is 0.299 e. The van der Waals surface area contributed by atoms with Gasteiger partial charge in [0.25, 0.3) is 0 Å². The summed E-state index contributed by atoms with van der Waals surface area (Å²) in [5.74, 6) is -1.73. The van der Waals surface area contributed by atoms with Crippen LogP contribution in [0.4, 0.5) is 8.78 Å². The minimum absolute atomic E-state index is 0.197. The van der Waals surface area contributed by atoms with Gasteiger partial charge in [-0.25, -0.2) is 21.9 Å². The summed E-state index contributed by atoms with van der Waals surface area (Å²) in [7, 11) is -4.04. The Bertz CT molecular complexity index is 872. The Balaban J connectivity index is 1.44. The van der Waals surface area contributed by atoms with Crippen LogP contribution in [0.2, 0.25) is 0 Å². The molecule has 0 radical (unpaired) electrons. The van der Waals surface area contributed by atoms with E-state index in [1.54, 1.807) is 0 Å². The number of hydrogen-bond acceptors (Lipinski definition) is 3. The molecule has 0 bridgehead atoms. The Morgan fingerprint density at radius 2 is 1.81 bits per heavy atom. The fraction of sp³-hybridized carbons (Fsp3) is 0.368. The van der Waals surface area contributed by atoms with Crippen molar-refractivity contribution < 1.29 is 17.2 Å². The summed E-state index contributed by atoms with van der Waals surface area (Å²) in [5.41, 5.74) is 2.75. The van der Waals surface area contributed by atoms with Crippen LogP contribution in [0.25, 0.3) is 0 Å². The number of hydrogen-bond donors (Lipinski definition) is 1. The maximum atomic E-state index is 13.6. The van der Waals surface area contributed by atoms with E-state index in [9.17, 15) is 17.2 Å². The molecular weight excluding hydrogens is 358 g/mol. The molecule has 0 atom stereocenters. The third-order valence-electron chi connectivity index (χ3n) is 4.59. The Kier molecular flexibility index (Phi) is 6.01. The molecule has 0 fully saturated rings. The van der Waals surface area contributed by atoms with Crippen molar-refractivity contribution in [2.45, 2.75) is 30.7 Å². The third-order valence-corrected chi connectivity index (χ3v) is 6.06. The molecule has 0 spiro atoms. The van der Waals surface area contributed by atoms with Gasteiger partial charge in [-0.05, 0) is 55.1 Å². The van der Waals surface area contributed by atoms with E-state index in [-0.39, 0.29) is 6.54 Å². The molecule has 0 saturated carbocycles. The lowest BCUT2D eigenvalue weighted by atomic mass is 10.00. The summed E-state index contributed by atoms with van der Waals surface area (Å²) in [6.07, 6.45) is 2.49. The lowest BCUT2D eigenvalue weighted by Gasteiger charge is -2.28. The van der Waals surface area contributed by atoms with Crippen molar-refractivity contribution >= 4 is 10.0 Å².